The smallest absolute Gasteiger partial charge is 0.251 e. The number of hydrogen-bond donors (Lipinski definition) is 1. The Kier molecular flexibility index (Phi) is 5.53. The summed E-state index contributed by atoms with van der Waals surface area (Å²) in [5.41, 5.74) is 0.625. The van der Waals surface area contributed by atoms with E-state index in [4.69, 9.17) is 4.74 Å². The van der Waals surface area contributed by atoms with E-state index in [1.54, 1.807) is 37.1 Å². The van der Waals surface area contributed by atoms with E-state index in [9.17, 15) is 4.79 Å². The molecule has 0 saturated carbocycles. The number of amides is 1. The van der Waals surface area contributed by atoms with E-state index >= 15 is 0 Å². The van der Waals surface area contributed by atoms with Crippen LogP contribution in [0.4, 0.5) is 0 Å². The number of ether oxygens (including phenoxy) is 1. The molecule has 0 fully saturated rings. The number of hydrogen-bond acceptors (Lipinski definition) is 3. The normalized spacial score (nSPS) is 11.2. The first-order valence-corrected chi connectivity index (χ1v) is 7.58. The van der Waals surface area contributed by atoms with Gasteiger partial charge in [0.05, 0.1) is 11.6 Å². The molecule has 1 aromatic rings. The maximum atomic E-state index is 12.0. The largest absolute Gasteiger partial charge is 0.496 e. The molecule has 3 nitrogen and oxygen atoms in total. The second-order valence-corrected chi connectivity index (χ2v) is 6.86. The van der Waals surface area contributed by atoms with Crippen molar-refractivity contribution in [2.45, 2.75) is 18.6 Å². The first-order chi connectivity index (χ1) is 8.39. The fourth-order valence-electron chi connectivity index (χ4n) is 1.27. The summed E-state index contributed by atoms with van der Waals surface area (Å²) in [5.74, 6) is 0.650. The number of carbonyl (C=O) groups is 1. The van der Waals surface area contributed by atoms with Crippen molar-refractivity contribution >= 4 is 33.6 Å². The molecule has 5 heteroatoms. The molecule has 1 rings (SSSR count). The van der Waals surface area contributed by atoms with Gasteiger partial charge < -0.3 is 10.1 Å². The zero-order valence-electron chi connectivity index (χ0n) is 11.0. The lowest BCUT2D eigenvalue weighted by Crippen LogP contribution is -2.36. The molecular weight excluding hydrogens is 314 g/mol. The quantitative estimate of drug-likeness (QED) is 0.899. The molecule has 18 heavy (non-hydrogen) atoms. The number of nitrogens with one attached hydrogen (secondary N) is 1. The highest BCUT2D eigenvalue weighted by molar-refractivity contribution is 9.10. The predicted octanol–water partition coefficient (Wildman–Crippen LogP) is 3.33. The Morgan fingerprint density at radius 1 is 1.50 bits per heavy atom. The first kappa shape index (κ1) is 15.4. The van der Waals surface area contributed by atoms with Crippen molar-refractivity contribution in [1.29, 1.82) is 0 Å². The topological polar surface area (TPSA) is 38.3 Å². The molecule has 0 spiro atoms. The van der Waals surface area contributed by atoms with Gasteiger partial charge >= 0.3 is 0 Å². The molecule has 0 atom stereocenters. The van der Waals surface area contributed by atoms with Gasteiger partial charge in [0.1, 0.15) is 5.75 Å². The van der Waals surface area contributed by atoms with Crippen LogP contribution >= 0.6 is 27.7 Å². The summed E-state index contributed by atoms with van der Waals surface area (Å²) in [6, 6.07) is 5.30. The van der Waals surface area contributed by atoms with Gasteiger partial charge in [0, 0.05) is 16.9 Å². The summed E-state index contributed by atoms with van der Waals surface area (Å²) in [5, 5.41) is 2.93. The van der Waals surface area contributed by atoms with E-state index in [1.165, 1.54) is 0 Å². The molecule has 1 amide bonds. The molecule has 100 valence electrons. The van der Waals surface area contributed by atoms with Gasteiger partial charge in [-0.2, -0.15) is 11.8 Å². The van der Waals surface area contributed by atoms with Crippen molar-refractivity contribution in [3.8, 4) is 5.75 Å². The Balaban J connectivity index is 2.71. The summed E-state index contributed by atoms with van der Waals surface area (Å²) in [7, 11) is 1.60. The van der Waals surface area contributed by atoms with E-state index < -0.39 is 0 Å². The molecule has 0 aliphatic heterocycles. The Bertz CT molecular complexity index is 435. The van der Waals surface area contributed by atoms with Crippen LogP contribution in [0.15, 0.2) is 22.7 Å². The van der Waals surface area contributed by atoms with Crippen LogP contribution in [-0.4, -0.2) is 30.6 Å². The van der Waals surface area contributed by atoms with Crippen LogP contribution in [0.3, 0.4) is 0 Å². The van der Waals surface area contributed by atoms with Crippen molar-refractivity contribution in [3.63, 3.8) is 0 Å². The number of benzene rings is 1. The van der Waals surface area contributed by atoms with Crippen molar-refractivity contribution < 1.29 is 9.53 Å². The van der Waals surface area contributed by atoms with Gasteiger partial charge in [-0.1, -0.05) is 0 Å². The summed E-state index contributed by atoms with van der Waals surface area (Å²) in [6.45, 7) is 4.83. The zero-order chi connectivity index (χ0) is 13.8. The van der Waals surface area contributed by atoms with E-state index in [-0.39, 0.29) is 10.7 Å². The maximum Gasteiger partial charge on any atom is 0.251 e. The lowest BCUT2D eigenvalue weighted by atomic mass is 10.1. The second-order valence-electron chi connectivity index (χ2n) is 4.50. The molecule has 0 saturated heterocycles. The molecule has 0 heterocycles. The van der Waals surface area contributed by atoms with Gasteiger partial charge in [0.2, 0.25) is 0 Å². The summed E-state index contributed by atoms with van der Waals surface area (Å²) in [4.78, 5) is 12.0. The highest BCUT2D eigenvalue weighted by atomic mass is 79.9. The van der Waals surface area contributed by atoms with Gasteiger partial charge in [0.15, 0.2) is 0 Å². The van der Waals surface area contributed by atoms with Crippen molar-refractivity contribution in [1.82, 2.24) is 5.32 Å². The minimum absolute atomic E-state index is 0.0410. The average molecular weight is 332 g/mol. The molecule has 0 aromatic heterocycles. The third kappa shape index (κ3) is 4.21. The standard InChI is InChI=1S/C13H18BrNO2S/c1-13(2,18-4)8-15-12(16)9-5-6-11(17-3)10(14)7-9/h5-7H,8H2,1-4H3,(H,15,16). The number of carbonyl (C=O) groups excluding carboxylic acids is 1. The van der Waals surface area contributed by atoms with Crippen molar-refractivity contribution in [2.75, 3.05) is 19.9 Å². The highest BCUT2D eigenvalue weighted by Gasteiger charge is 2.17. The van der Waals surface area contributed by atoms with Gasteiger partial charge in [0.25, 0.3) is 5.91 Å². The van der Waals surface area contributed by atoms with Gasteiger partial charge in [-0.3, -0.25) is 4.79 Å². The van der Waals surface area contributed by atoms with Crippen LogP contribution in [0, 0.1) is 0 Å². The van der Waals surface area contributed by atoms with E-state index in [0.29, 0.717) is 12.1 Å². The molecule has 1 aromatic carbocycles. The first-order valence-electron chi connectivity index (χ1n) is 5.56. The Morgan fingerprint density at radius 3 is 2.67 bits per heavy atom. The fraction of sp³-hybridized carbons (Fsp3) is 0.462. The van der Waals surface area contributed by atoms with E-state index in [2.05, 4.69) is 35.1 Å². The molecule has 1 N–H and O–H groups in total. The molecule has 0 aliphatic carbocycles. The van der Waals surface area contributed by atoms with Crippen LogP contribution in [0.5, 0.6) is 5.75 Å². The third-order valence-corrected chi connectivity index (χ3v) is 4.51. The number of rotatable bonds is 5. The van der Waals surface area contributed by atoms with Crippen LogP contribution in [-0.2, 0) is 0 Å². The summed E-state index contributed by atoms with van der Waals surface area (Å²) in [6.07, 6.45) is 2.04. The van der Waals surface area contributed by atoms with Crippen LogP contribution in [0.1, 0.15) is 24.2 Å². The molecular formula is C13H18BrNO2S. The number of halogens is 1. The van der Waals surface area contributed by atoms with E-state index in [0.717, 1.165) is 10.2 Å². The summed E-state index contributed by atoms with van der Waals surface area (Å²) >= 11 is 5.10. The Labute approximate surface area is 121 Å². The average Bonchev–Trinajstić information content (AvgIpc) is 2.36. The highest BCUT2D eigenvalue weighted by Crippen LogP contribution is 2.25. The van der Waals surface area contributed by atoms with Crippen molar-refractivity contribution in [3.05, 3.63) is 28.2 Å². The van der Waals surface area contributed by atoms with Gasteiger partial charge in [-0.15, -0.1) is 0 Å². The Morgan fingerprint density at radius 2 is 2.17 bits per heavy atom. The third-order valence-electron chi connectivity index (χ3n) is 2.64. The van der Waals surface area contributed by atoms with Crippen molar-refractivity contribution in [2.24, 2.45) is 0 Å². The van der Waals surface area contributed by atoms with Crippen LogP contribution in [0.2, 0.25) is 0 Å². The van der Waals surface area contributed by atoms with Crippen LogP contribution in [0.25, 0.3) is 0 Å². The lowest BCUT2D eigenvalue weighted by Gasteiger charge is -2.22. The van der Waals surface area contributed by atoms with Crippen LogP contribution < -0.4 is 10.1 Å². The SMILES string of the molecule is COc1ccc(C(=O)NCC(C)(C)SC)cc1Br. The molecule has 0 unspecified atom stereocenters. The monoisotopic (exact) mass is 331 g/mol. The fourth-order valence-corrected chi connectivity index (χ4v) is 2.03. The van der Waals surface area contributed by atoms with E-state index in [1.807, 2.05) is 6.26 Å². The zero-order valence-corrected chi connectivity index (χ0v) is 13.4. The molecule has 0 aliphatic rings. The van der Waals surface area contributed by atoms with Gasteiger partial charge in [-0.25, -0.2) is 0 Å². The minimum atomic E-state index is -0.0690. The Hall–Kier alpha value is -0.680. The maximum absolute atomic E-state index is 12.0. The number of methoxy groups -OCH3 is 1. The minimum Gasteiger partial charge on any atom is -0.496 e. The molecule has 0 bridgehead atoms. The number of thioether (sulfide) groups is 1. The van der Waals surface area contributed by atoms with Gasteiger partial charge in [-0.05, 0) is 54.2 Å². The summed E-state index contributed by atoms with van der Waals surface area (Å²) < 4.78 is 5.95. The molecule has 0 radical (unpaired) electrons. The lowest BCUT2D eigenvalue weighted by molar-refractivity contribution is 0.0950. The second kappa shape index (κ2) is 6.48. The predicted molar refractivity (Wildman–Crippen MR) is 80.6 cm³/mol.